The fourth-order valence-electron chi connectivity index (χ4n) is 2.20. The SMILES string of the molecule is CN(C(=O)/C=C/c1ccc([N+](=O)[O-])cc1)[C@@H]1CNC[C@H]1O. The van der Waals surface area contributed by atoms with Crippen molar-refractivity contribution in [1.82, 2.24) is 10.2 Å². The molecule has 112 valence electrons. The Labute approximate surface area is 122 Å². The average Bonchev–Trinajstić information content (AvgIpc) is 2.90. The lowest BCUT2D eigenvalue weighted by Gasteiger charge is -2.25. The molecular weight excluding hydrogens is 274 g/mol. The van der Waals surface area contributed by atoms with Crippen LogP contribution in [-0.4, -0.2) is 53.1 Å². The van der Waals surface area contributed by atoms with Gasteiger partial charge >= 0.3 is 0 Å². The van der Waals surface area contributed by atoms with Gasteiger partial charge in [-0.1, -0.05) is 0 Å². The van der Waals surface area contributed by atoms with E-state index >= 15 is 0 Å². The van der Waals surface area contributed by atoms with Crippen LogP contribution in [0.3, 0.4) is 0 Å². The number of non-ortho nitro benzene ring substituents is 1. The summed E-state index contributed by atoms with van der Waals surface area (Å²) in [6.07, 6.45) is 2.43. The molecule has 0 saturated carbocycles. The quantitative estimate of drug-likeness (QED) is 0.475. The second-order valence-corrected chi connectivity index (χ2v) is 4.92. The number of likely N-dealkylation sites (N-methyl/N-ethyl adjacent to an activating group) is 1. The third kappa shape index (κ3) is 3.65. The molecule has 7 heteroatoms. The van der Waals surface area contributed by atoms with Crippen molar-refractivity contribution in [2.24, 2.45) is 0 Å². The molecule has 2 atom stereocenters. The van der Waals surface area contributed by atoms with E-state index in [1.165, 1.54) is 23.1 Å². The molecule has 2 N–H and O–H groups in total. The van der Waals surface area contributed by atoms with Gasteiger partial charge in [-0.05, 0) is 23.8 Å². The maximum absolute atomic E-state index is 12.0. The van der Waals surface area contributed by atoms with Gasteiger partial charge in [0, 0.05) is 38.3 Å². The molecule has 1 aliphatic heterocycles. The van der Waals surface area contributed by atoms with Gasteiger partial charge in [0.25, 0.3) is 5.69 Å². The fraction of sp³-hybridized carbons (Fsp3) is 0.357. The van der Waals surface area contributed by atoms with E-state index in [1.54, 1.807) is 25.3 Å². The van der Waals surface area contributed by atoms with Crippen LogP contribution in [0, 0.1) is 10.1 Å². The summed E-state index contributed by atoms with van der Waals surface area (Å²) in [7, 11) is 1.64. The van der Waals surface area contributed by atoms with Gasteiger partial charge in [-0.2, -0.15) is 0 Å². The zero-order chi connectivity index (χ0) is 15.4. The molecule has 0 unspecified atom stereocenters. The number of carbonyl (C=O) groups excluding carboxylic acids is 1. The summed E-state index contributed by atoms with van der Waals surface area (Å²) in [5.74, 6) is -0.221. The van der Waals surface area contributed by atoms with Gasteiger partial charge in [0.2, 0.25) is 5.91 Å². The number of nitro benzene ring substituents is 1. The number of aliphatic hydroxyl groups is 1. The number of aliphatic hydroxyl groups excluding tert-OH is 1. The second-order valence-electron chi connectivity index (χ2n) is 4.92. The summed E-state index contributed by atoms with van der Waals surface area (Å²) in [5.41, 5.74) is 0.711. The summed E-state index contributed by atoms with van der Waals surface area (Å²) in [6, 6.07) is 5.69. The van der Waals surface area contributed by atoms with E-state index in [-0.39, 0.29) is 17.6 Å². The van der Waals surface area contributed by atoms with Crippen LogP contribution in [0.2, 0.25) is 0 Å². The van der Waals surface area contributed by atoms with Crippen molar-refractivity contribution in [3.8, 4) is 0 Å². The number of nitro groups is 1. The van der Waals surface area contributed by atoms with E-state index in [0.29, 0.717) is 18.7 Å². The Hall–Kier alpha value is -2.25. The van der Waals surface area contributed by atoms with Crippen LogP contribution in [0.1, 0.15) is 5.56 Å². The molecule has 1 heterocycles. The van der Waals surface area contributed by atoms with Crippen molar-refractivity contribution in [1.29, 1.82) is 0 Å². The van der Waals surface area contributed by atoms with E-state index < -0.39 is 11.0 Å². The molecule has 1 aliphatic rings. The molecule has 1 amide bonds. The van der Waals surface area contributed by atoms with Crippen molar-refractivity contribution in [3.63, 3.8) is 0 Å². The van der Waals surface area contributed by atoms with Crippen molar-refractivity contribution < 1.29 is 14.8 Å². The van der Waals surface area contributed by atoms with Crippen LogP contribution in [-0.2, 0) is 4.79 Å². The Morgan fingerprint density at radius 2 is 2.10 bits per heavy atom. The van der Waals surface area contributed by atoms with Crippen LogP contribution in [0.25, 0.3) is 6.08 Å². The normalized spacial score (nSPS) is 21.6. The fourth-order valence-corrected chi connectivity index (χ4v) is 2.20. The van der Waals surface area contributed by atoms with Crippen molar-refractivity contribution >= 4 is 17.7 Å². The van der Waals surface area contributed by atoms with Gasteiger partial charge in [-0.15, -0.1) is 0 Å². The highest BCUT2D eigenvalue weighted by Gasteiger charge is 2.30. The Balaban J connectivity index is 1.99. The van der Waals surface area contributed by atoms with E-state index in [1.807, 2.05) is 0 Å². The molecule has 7 nitrogen and oxygen atoms in total. The van der Waals surface area contributed by atoms with Crippen LogP contribution < -0.4 is 5.32 Å². The van der Waals surface area contributed by atoms with E-state index in [2.05, 4.69) is 5.32 Å². The summed E-state index contributed by atoms with van der Waals surface area (Å²) in [5, 5.41) is 23.3. The summed E-state index contributed by atoms with van der Waals surface area (Å²) in [6.45, 7) is 1.04. The first-order valence-corrected chi connectivity index (χ1v) is 6.57. The minimum atomic E-state index is -0.563. The predicted molar refractivity (Wildman–Crippen MR) is 77.6 cm³/mol. The highest BCUT2D eigenvalue weighted by molar-refractivity contribution is 5.91. The minimum absolute atomic E-state index is 0.00995. The maximum Gasteiger partial charge on any atom is 0.269 e. The Bertz CT molecular complexity index is 556. The van der Waals surface area contributed by atoms with Gasteiger partial charge in [-0.25, -0.2) is 0 Å². The number of carbonyl (C=O) groups is 1. The van der Waals surface area contributed by atoms with E-state index in [4.69, 9.17) is 0 Å². The zero-order valence-corrected chi connectivity index (χ0v) is 11.6. The van der Waals surface area contributed by atoms with Crippen molar-refractivity contribution in [2.45, 2.75) is 12.1 Å². The summed E-state index contributed by atoms with van der Waals surface area (Å²) >= 11 is 0. The molecule has 1 saturated heterocycles. The number of amides is 1. The number of nitrogens with zero attached hydrogens (tertiary/aromatic N) is 2. The number of benzene rings is 1. The molecule has 2 rings (SSSR count). The van der Waals surface area contributed by atoms with E-state index in [0.717, 1.165) is 0 Å². The molecular formula is C14H17N3O4. The largest absolute Gasteiger partial charge is 0.390 e. The molecule has 1 fully saturated rings. The monoisotopic (exact) mass is 291 g/mol. The lowest BCUT2D eigenvalue weighted by Crippen LogP contribution is -2.43. The number of nitrogens with one attached hydrogen (secondary N) is 1. The molecule has 0 bridgehead atoms. The first-order valence-electron chi connectivity index (χ1n) is 6.57. The van der Waals surface area contributed by atoms with Crippen LogP contribution >= 0.6 is 0 Å². The maximum atomic E-state index is 12.0. The summed E-state index contributed by atoms with van der Waals surface area (Å²) < 4.78 is 0. The zero-order valence-electron chi connectivity index (χ0n) is 11.6. The second kappa shape index (κ2) is 6.47. The highest BCUT2D eigenvalue weighted by Crippen LogP contribution is 2.13. The number of β-amino-alcohol motifs (C(OH)–C–C–N with tert-alkyl or cyclic N) is 1. The summed E-state index contributed by atoms with van der Waals surface area (Å²) in [4.78, 5) is 23.6. The molecule has 0 aromatic heterocycles. The number of rotatable bonds is 4. The van der Waals surface area contributed by atoms with Crippen molar-refractivity contribution in [2.75, 3.05) is 20.1 Å². The van der Waals surface area contributed by atoms with Crippen LogP contribution in [0.15, 0.2) is 30.3 Å². The average molecular weight is 291 g/mol. The number of hydrogen-bond acceptors (Lipinski definition) is 5. The first-order chi connectivity index (χ1) is 9.99. The van der Waals surface area contributed by atoms with Gasteiger partial charge in [0.15, 0.2) is 0 Å². The Morgan fingerprint density at radius 1 is 1.43 bits per heavy atom. The smallest absolute Gasteiger partial charge is 0.269 e. The predicted octanol–water partition coefficient (Wildman–Crippen LogP) is 0.399. The van der Waals surface area contributed by atoms with Gasteiger partial charge in [0.05, 0.1) is 17.1 Å². The van der Waals surface area contributed by atoms with Gasteiger partial charge in [-0.3, -0.25) is 14.9 Å². The number of hydrogen-bond donors (Lipinski definition) is 2. The van der Waals surface area contributed by atoms with Crippen molar-refractivity contribution in [3.05, 3.63) is 46.0 Å². The van der Waals surface area contributed by atoms with Gasteiger partial charge in [0.1, 0.15) is 0 Å². The third-order valence-electron chi connectivity index (χ3n) is 3.52. The third-order valence-corrected chi connectivity index (χ3v) is 3.52. The lowest BCUT2D eigenvalue weighted by molar-refractivity contribution is -0.384. The first kappa shape index (κ1) is 15.1. The Morgan fingerprint density at radius 3 is 2.62 bits per heavy atom. The van der Waals surface area contributed by atoms with Crippen LogP contribution in [0.5, 0.6) is 0 Å². The molecule has 0 radical (unpaired) electrons. The molecule has 0 aliphatic carbocycles. The van der Waals surface area contributed by atoms with Gasteiger partial charge < -0.3 is 15.3 Å². The molecule has 1 aromatic rings. The molecule has 1 aromatic carbocycles. The standard InChI is InChI=1S/C14H17N3O4/c1-16(12-8-15-9-13(12)18)14(19)7-4-10-2-5-11(6-3-10)17(20)21/h2-7,12-13,15,18H,8-9H2,1H3/b7-4+/t12-,13-/m1/s1. The minimum Gasteiger partial charge on any atom is -0.390 e. The van der Waals surface area contributed by atoms with E-state index in [9.17, 15) is 20.0 Å². The molecule has 0 spiro atoms. The highest BCUT2D eigenvalue weighted by atomic mass is 16.6. The lowest BCUT2D eigenvalue weighted by atomic mass is 10.1. The molecule has 21 heavy (non-hydrogen) atoms. The van der Waals surface area contributed by atoms with Crippen LogP contribution in [0.4, 0.5) is 5.69 Å². The Kier molecular flexibility index (Phi) is 4.66. The topological polar surface area (TPSA) is 95.7 Å².